The average Bonchev–Trinajstić information content (AvgIpc) is 3.09. The van der Waals surface area contributed by atoms with Crippen LogP contribution < -0.4 is 5.32 Å². The van der Waals surface area contributed by atoms with Gasteiger partial charge in [-0.2, -0.15) is 31.4 Å². The first-order valence-corrected chi connectivity index (χ1v) is 8.04. The van der Waals surface area contributed by atoms with Crippen LogP contribution in [0.1, 0.15) is 27.2 Å². The van der Waals surface area contributed by atoms with Gasteiger partial charge in [-0.3, -0.25) is 4.79 Å². The van der Waals surface area contributed by atoms with Gasteiger partial charge in [0.05, 0.1) is 17.3 Å². The fourth-order valence-electron chi connectivity index (χ4n) is 2.54. The van der Waals surface area contributed by atoms with Crippen molar-refractivity contribution >= 4 is 11.6 Å². The Morgan fingerprint density at radius 2 is 1.66 bits per heavy atom. The van der Waals surface area contributed by atoms with Crippen molar-refractivity contribution in [2.75, 3.05) is 5.32 Å². The van der Waals surface area contributed by atoms with Gasteiger partial charge >= 0.3 is 12.4 Å². The molecule has 29 heavy (non-hydrogen) atoms. The smallest absolute Gasteiger partial charge is 0.322 e. The molecule has 1 amide bonds. The molecule has 0 atom stereocenters. The van der Waals surface area contributed by atoms with Crippen molar-refractivity contribution in [2.24, 2.45) is 0 Å². The van der Waals surface area contributed by atoms with Gasteiger partial charge in [0.25, 0.3) is 5.91 Å². The third kappa shape index (κ3) is 4.23. The molecule has 0 bridgehead atoms. The van der Waals surface area contributed by atoms with Crippen LogP contribution in [0.2, 0.25) is 0 Å². The number of hydrogen-bond acceptors (Lipinski definition) is 3. The van der Waals surface area contributed by atoms with Crippen molar-refractivity contribution in [2.45, 2.75) is 19.3 Å². The van der Waals surface area contributed by atoms with Crippen LogP contribution in [0.15, 0.2) is 48.8 Å². The maximum absolute atomic E-state index is 13.6. The molecule has 0 fully saturated rings. The molecule has 3 rings (SSSR count). The normalized spacial score (nSPS) is 12.1. The molecule has 0 saturated heterocycles. The summed E-state index contributed by atoms with van der Waals surface area (Å²) in [5.74, 6) is -1.58. The highest BCUT2D eigenvalue weighted by atomic mass is 19.4. The predicted molar refractivity (Wildman–Crippen MR) is 90.5 cm³/mol. The molecule has 2 heterocycles. The molecule has 152 valence electrons. The number of amides is 1. The molecule has 0 saturated carbocycles. The number of nitrogens with one attached hydrogen (secondary N) is 1. The Morgan fingerprint density at radius 3 is 2.21 bits per heavy atom. The van der Waals surface area contributed by atoms with Crippen LogP contribution in [-0.4, -0.2) is 20.7 Å². The van der Waals surface area contributed by atoms with Crippen LogP contribution in [0.25, 0.3) is 5.82 Å². The number of carbonyl (C=O) groups is 1. The molecular formula is C18H12F6N4O. The number of nitrogens with zero attached hydrogens (tertiary/aromatic N) is 3. The van der Waals surface area contributed by atoms with Crippen molar-refractivity contribution < 1.29 is 31.1 Å². The van der Waals surface area contributed by atoms with Crippen molar-refractivity contribution in [3.05, 3.63) is 71.2 Å². The summed E-state index contributed by atoms with van der Waals surface area (Å²) in [6.45, 7) is 1.66. The molecule has 0 unspecified atom stereocenters. The number of aryl methyl sites for hydroxylation is 1. The SMILES string of the molecule is Cc1ccccc1NC(=O)c1cnn(-c2ccc(C(F)(F)F)cn2)c1C(F)(F)F. The van der Waals surface area contributed by atoms with Crippen molar-refractivity contribution in [1.82, 2.24) is 14.8 Å². The summed E-state index contributed by atoms with van der Waals surface area (Å²) < 4.78 is 79.1. The Labute approximate surface area is 160 Å². The van der Waals surface area contributed by atoms with Gasteiger partial charge in [0.2, 0.25) is 0 Å². The number of para-hydroxylation sites is 1. The van der Waals surface area contributed by atoms with E-state index in [-0.39, 0.29) is 4.68 Å². The summed E-state index contributed by atoms with van der Waals surface area (Å²) in [4.78, 5) is 15.8. The summed E-state index contributed by atoms with van der Waals surface area (Å²) in [5.41, 5.74) is -2.42. The largest absolute Gasteiger partial charge is 0.434 e. The molecule has 5 nitrogen and oxygen atoms in total. The van der Waals surface area contributed by atoms with Gasteiger partial charge in [0, 0.05) is 11.9 Å². The maximum atomic E-state index is 13.6. The number of hydrogen-bond donors (Lipinski definition) is 1. The van der Waals surface area contributed by atoms with Gasteiger partial charge in [-0.05, 0) is 30.7 Å². The third-order valence-electron chi connectivity index (χ3n) is 3.97. The minimum atomic E-state index is -5.01. The fraction of sp³-hybridized carbons (Fsp3) is 0.167. The van der Waals surface area contributed by atoms with Gasteiger partial charge in [0.15, 0.2) is 11.5 Å². The summed E-state index contributed by atoms with van der Waals surface area (Å²) >= 11 is 0. The van der Waals surface area contributed by atoms with Crippen LogP contribution in [-0.2, 0) is 12.4 Å². The third-order valence-corrected chi connectivity index (χ3v) is 3.97. The topological polar surface area (TPSA) is 59.8 Å². The zero-order valence-electron chi connectivity index (χ0n) is 14.6. The molecule has 0 radical (unpaired) electrons. The number of pyridine rings is 1. The van der Waals surface area contributed by atoms with Crippen molar-refractivity contribution in [3.8, 4) is 5.82 Å². The summed E-state index contributed by atoms with van der Waals surface area (Å²) in [6, 6.07) is 7.80. The zero-order chi connectivity index (χ0) is 21.4. The lowest BCUT2D eigenvalue weighted by molar-refractivity contribution is -0.143. The number of benzene rings is 1. The fourth-order valence-corrected chi connectivity index (χ4v) is 2.54. The molecule has 0 aliphatic heterocycles. The van der Waals surface area contributed by atoms with E-state index < -0.39 is 40.9 Å². The highest BCUT2D eigenvalue weighted by Gasteiger charge is 2.41. The highest BCUT2D eigenvalue weighted by Crippen LogP contribution is 2.34. The van der Waals surface area contributed by atoms with Crippen molar-refractivity contribution in [1.29, 1.82) is 0 Å². The van der Waals surface area contributed by atoms with Crippen LogP contribution in [0.4, 0.5) is 32.0 Å². The van der Waals surface area contributed by atoms with E-state index in [1.807, 2.05) is 0 Å². The lowest BCUT2D eigenvalue weighted by Gasteiger charge is -2.13. The van der Waals surface area contributed by atoms with E-state index in [9.17, 15) is 31.1 Å². The second-order valence-electron chi connectivity index (χ2n) is 5.99. The standard InChI is InChI=1S/C18H12F6N4O/c1-10-4-2-3-5-13(10)27-16(29)12-9-26-28(15(12)18(22,23)24)14-7-6-11(8-25-14)17(19,20)21/h2-9H,1H3,(H,27,29). The van der Waals surface area contributed by atoms with Crippen LogP contribution in [0.3, 0.4) is 0 Å². The quantitative estimate of drug-likeness (QED) is 0.623. The Balaban J connectivity index is 2.02. The Morgan fingerprint density at radius 1 is 0.966 bits per heavy atom. The van der Waals surface area contributed by atoms with E-state index in [2.05, 4.69) is 15.4 Å². The Hall–Kier alpha value is -3.37. The number of alkyl halides is 6. The first kappa shape index (κ1) is 20.4. The molecule has 0 spiro atoms. The minimum Gasteiger partial charge on any atom is -0.322 e. The zero-order valence-corrected chi connectivity index (χ0v) is 14.6. The van der Waals surface area contributed by atoms with Gasteiger partial charge in [-0.15, -0.1) is 0 Å². The lowest BCUT2D eigenvalue weighted by atomic mass is 10.1. The number of carbonyl (C=O) groups excluding carboxylic acids is 1. The van der Waals surface area contributed by atoms with Crippen LogP contribution >= 0.6 is 0 Å². The predicted octanol–water partition coefficient (Wildman–Crippen LogP) is 4.87. The van der Waals surface area contributed by atoms with E-state index in [0.717, 1.165) is 6.07 Å². The number of aromatic nitrogens is 3. The first-order valence-electron chi connectivity index (χ1n) is 8.04. The molecule has 2 aromatic heterocycles. The van der Waals surface area contributed by atoms with Crippen LogP contribution in [0, 0.1) is 6.92 Å². The molecule has 1 N–H and O–H groups in total. The number of rotatable bonds is 3. The summed E-state index contributed by atoms with van der Waals surface area (Å²) in [6.07, 6.45) is -8.62. The molecule has 0 aliphatic carbocycles. The molecular weight excluding hydrogens is 402 g/mol. The van der Waals surface area contributed by atoms with E-state index >= 15 is 0 Å². The first-order chi connectivity index (χ1) is 13.5. The Kier molecular flexibility index (Phi) is 5.07. The molecule has 3 aromatic rings. The van der Waals surface area contributed by atoms with Crippen LogP contribution in [0.5, 0.6) is 0 Å². The van der Waals surface area contributed by atoms with E-state index in [1.54, 1.807) is 25.1 Å². The number of halogens is 6. The summed E-state index contributed by atoms with van der Waals surface area (Å²) in [7, 11) is 0. The minimum absolute atomic E-state index is 0.285. The maximum Gasteiger partial charge on any atom is 0.434 e. The monoisotopic (exact) mass is 414 g/mol. The van der Waals surface area contributed by atoms with Gasteiger partial charge in [-0.1, -0.05) is 18.2 Å². The highest BCUT2D eigenvalue weighted by molar-refractivity contribution is 6.05. The Bertz CT molecular complexity index is 1040. The lowest BCUT2D eigenvalue weighted by Crippen LogP contribution is -2.21. The van der Waals surface area contributed by atoms with Crippen molar-refractivity contribution in [3.63, 3.8) is 0 Å². The second-order valence-corrected chi connectivity index (χ2v) is 5.99. The average molecular weight is 414 g/mol. The molecule has 11 heteroatoms. The van der Waals surface area contributed by atoms with E-state index in [4.69, 9.17) is 0 Å². The van der Waals surface area contributed by atoms with E-state index in [0.29, 0.717) is 29.7 Å². The van der Waals surface area contributed by atoms with Gasteiger partial charge in [-0.25, -0.2) is 9.67 Å². The summed E-state index contributed by atoms with van der Waals surface area (Å²) in [5, 5.41) is 5.89. The second kappa shape index (κ2) is 7.22. The van der Waals surface area contributed by atoms with E-state index in [1.165, 1.54) is 6.07 Å². The molecule has 0 aliphatic rings. The number of anilines is 1. The molecule has 1 aromatic carbocycles. The van der Waals surface area contributed by atoms with Gasteiger partial charge < -0.3 is 5.32 Å². The van der Waals surface area contributed by atoms with Gasteiger partial charge in [0.1, 0.15) is 0 Å².